The van der Waals surface area contributed by atoms with Crippen LogP contribution in [0.4, 0.5) is 0 Å². The summed E-state index contributed by atoms with van der Waals surface area (Å²) < 4.78 is 2.50. The molecule has 2 aromatic rings. The topological polar surface area (TPSA) is 20.2 Å². The van der Waals surface area contributed by atoms with Gasteiger partial charge in [0.25, 0.3) is 0 Å². The van der Waals surface area contributed by atoms with Crippen molar-refractivity contribution < 1.29 is 5.11 Å². The maximum Gasteiger partial charge on any atom is 0.0692 e. The van der Waals surface area contributed by atoms with Gasteiger partial charge in [-0.15, -0.1) is 11.3 Å². The van der Waals surface area contributed by atoms with Gasteiger partial charge in [-0.1, -0.05) is 6.92 Å². The van der Waals surface area contributed by atoms with Crippen LogP contribution in [-0.2, 0) is 13.0 Å². The zero-order valence-electron chi connectivity index (χ0n) is 7.88. The summed E-state index contributed by atoms with van der Waals surface area (Å²) in [5, 5.41) is 12.7. The van der Waals surface area contributed by atoms with Crippen molar-refractivity contribution in [2.75, 3.05) is 0 Å². The van der Waals surface area contributed by atoms with E-state index in [2.05, 4.69) is 47.0 Å². The second-order valence-corrected chi connectivity index (χ2v) is 5.20. The largest absolute Gasteiger partial charge is 0.392 e. The number of aliphatic hydroxyl groups is 1. The fourth-order valence-corrected chi connectivity index (χ4v) is 3.55. The van der Waals surface area contributed by atoms with Gasteiger partial charge in [-0.05, 0) is 63.0 Å². The smallest absolute Gasteiger partial charge is 0.0692 e. The number of hydrogen-bond acceptors (Lipinski definition) is 2. The molecule has 74 valence electrons. The zero-order chi connectivity index (χ0) is 10.1. The zero-order valence-corrected chi connectivity index (χ0v) is 10.9. The summed E-state index contributed by atoms with van der Waals surface area (Å²) in [6.07, 6.45) is 1.03. The maximum absolute atomic E-state index is 9.24. The Hall–Kier alpha value is -0.130. The highest BCUT2D eigenvalue weighted by molar-refractivity contribution is 14.1. The Morgan fingerprint density at radius 1 is 1.50 bits per heavy atom. The molecule has 1 heterocycles. The van der Waals surface area contributed by atoms with Crippen molar-refractivity contribution in [2.45, 2.75) is 20.0 Å². The molecule has 0 fully saturated rings. The first kappa shape index (κ1) is 10.4. The summed E-state index contributed by atoms with van der Waals surface area (Å²) in [5.41, 5.74) is 2.42. The number of rotatable bonds is 2. The van der Waals surface area contributed by atoms with Crippen LogP contribution < -0.4 is 0 Å². The summed E-state index contributed by atoms with van der Waals surface area (Å²) in [7, 11) is 0. The fourth-order valence-electron chi connectivity index (χ4n) is 1.68. The van der Waals surface area contributed by atoms with E-state index in [9.17, 15) is 5.11 Å². The van der Waals surface area contributed by atoms with E-state index >= 15 is 0 Å². The minimum Gasteiger partial charge on any atom is -0.392 e. The molecule has 0 amide bonds. The lowest BCUT2D eigenvalue weighted by atomic mass is 10.1. The van der Waals surface area contributed by atoms with Crippen molar-refractivity contribution >= 4 is 44.0 Å². The molecule has 0 aliphatic carbocycles. The Labute approximate surface area is 101 Å². The first-order chi connectivity index (χ1) is 6.77. The summed E-state index contributed by atoms with van der Waals surface area (Å²) >= 11 is 4.07. The van der Waals surface area contributed by atoms with Gasteiger partial charge in [0.15, 0.2) is 0 Å². The van der Waals surface area contributed by atoms with Gasteiger partial charge in [-0.25, -0.2) is 0 Å². The second kappa shape index (κ2) is 4.16. The third kappa shape index (κ3) is 1.57. The molecule has 0 aliphatic heterocycles. The summed E-state index contributed by atoms with van der Waals surface area (Å²) in [4.78, 5) is 0. The molecule has 1 aromatic heterocycles. The summed E-state index contributed by atoms with van der Waals surface area (Å²) in [6.45, 7) is 2.30. The molecule has 0 saturated heterocycles. The first-order valence-corrected chi connectivity index (χ1v) is 6.52. The monoisotopic (exact) mass is 318 g/mol. The van der Waals surface area contributed by atoms with E-state index in [0.29, 0.717) is 0 Å². The third-order valence-electron chi connectivity index (χ3n) is 2.40. The number of fused-ring (bicyclic) bond motifs is 1. The normalized spacial score (nSPS) is 11.1. The van der Waals surface area contributed by atoms with E-state index in [0.717, 1.165) is 12.0 Å². The highest BCUT2D eigenvalue weighted by atomic mass is 127. The molecule has 1 nitrogen and oxygen atoms in total. The molecule has 1 N–H and O–H groups in total. The fraction of sp³-hybridized carbons (Fsp3) is 0.273. The molecule has 0 radical (unpaired) electrons. The van der Waals surface area contributed by atoms with Crippen molar-refractivity contribution in [1.82, 2.24) is 0 Å². The molecule has 0 bridgehead atoms. The molecule has 0 atom stereocenters. The van der Waals surface area contributed by atoms with Crippen LogP contribution in [0.1, 0.15) is 18.1 Å². The maximum atomic E-state index is 9.24. The van der Waals surface area contributed by atoms with Crippen molar-refractivity contribution in [2.24, 2.45) is 0 Å². The van der Waals surface area contributed by atoms with Gasteiger partial charge < -0.3 is 5.11 Å². The number of hydrogen-bond donors (Lipinski definition) is 1. The molecule has 1 aromatic carbocycles. The number of benzene rings is 1. The van der Waals surface area contributed by atoms with Crippen LogP contribution in [0.25, 0.3) is 10.1 Å². The predicted octanol–water partition coefficient (Wildman–Crippen LogP) is 3.56. The van der Waals surface area contributed by atoms with Crippen LogP contribution in [0.5, 0.6) is 0 Å². The predicted molar refractivity (Wildman–Crippen MR) is 69.8 cm³/mol. The van der Waals surface area contributed by atoms with Crippen molar-refractivity contribution in [3.63, 3.8) is 0 Å². The highest BCUT2D eigenvalue weighted by Crippen LogP contribution is 2.31. The van der Waals surface area contributed by atoms with Gasteiger partial charge in [-0.2, -0.15) is 0 Å². The van der Waals surface area contributed by atoms with Crippen LogP contribution in [-0.4, -0.2) is 5.11 Å². The van der Waals surface area contributed by atoms with E-state index in [1.807, 2.05) is 0 Å². The second-order valence-electron chi connectivity index (χ2n) is 3.17. The number of halogens is 1. The van der Waals surface area contributed by atoms with Gasteiger partial charge >= 0.3 is 0 Å². The van der Waals surface area contributed by atoms with Gasteiger partial charge in [0.05, 0.1) is 6.61 Å². The number of aliphatic hydroxyl groups excluding tert-OH is 1. The van der Waals surface area contributed by atoms with Gasteiger partial charge in [-0.3, -0.25) is 0 Å². The van der Waals surface area contributed by atoms with Gasteiger partial charge in [0.2, 0.25) is 0 Å². The molecule has 0 unspecified atom stereocenters. The van der Waals surface area contributed by atoms with E-state index in [1.54, 1.807) is 11.3 Å². The van der Waals surface area contributed by atoms with Crippen LogP contribution in [0.3, 0.4) is 0 Å². The van der Waals surface area contributed by atoms with Crippen molar-refractivity contribution in [3.8, 4) is 0 Å². The minimum atomic E-state index is 0.138. The average molecular weight is 318 g/mol. The van der Waals surface area contributed by atoms with Crippen LogP contribution in [0.15, 0.2) is 17.5 Å². The Balaban J connectivity index is 2.80. The Kier molecular flexibility index (Phi) is 3.09. The molecule has 2 rings (SSSR count). The average Bonchev–Trinajstić information content (AvgIpc) is 2.64. The Morgan fingerprint density at radius 3 is 2.93 bits per heavy atom. The first-order valence-electron chi connectivity index (χ1n) is 4.56. The quantitative estimate of drug-likeness (QED) is 0.840. The molecular weight excluding hydrogens is 307 g/mol. The Morgan fingerprint density at radius 2 is 2.29 bits per heavy atom. The summed E-state index contributed by atoms with van der Waals surface area (Å²) in [6, 6.07) is 4.27. The van der Waals surface area contributed by atoms with Crippen LogP contribution in [0, 0.1) is 3.57 Å². The standard InChI is InChI=1S/C11H11IOS/c1-2-8-9-3-4-14-10(9)5-7(6-13)11(8)12/h3-5,13H,2,6H2,1H3. The highest BCUT2D eigenvalue weighted by Gasteiger charge is 2.09. The molecule has 3 heteroatoms. The molecule has 0 aliphatic rings. The lowest BCUT2D eigenvalue weighted by Gasteiger charge is -2.08. The molecule has 0 saturated carbocycles. The summed E-state index contributed by atoms with van der Waals surface area (Å²) in [5.74, 6) is 0. The van der Waals surface area contributed by atoms with Gasteiger partial charge in [0.1, 0.15) is 0 Å². The van der Waals surface area contributed by atoms with E-state index in [-0.39, 0.29) is 6.61 Å². The van der Waals surface area contributed by atoms with Crippen LogP contribution >= 0.6 is 33.9 Å². The van der Waals surface area contributed by atoms with E-state index in [1.165, 1.54) is 19.2 Å². The lowest BCUT2D eigenvalue weighted by molar-refractivity contribution is 0.281. The van der Waals surface area contributed by atoms with Crippen molar-refractivity contribution in [1.29, 1.82) is 0 Å². The van der Waals surface area contributed by atoms with Crippen LogP contribution in [0.2, 0.25) is 0 Å². The lowest BCUT2D eigenvalue weighted by Crippen LogP contribution is -1.94. The molecule has 14 heavy (non-hydrogen) atoms. The number of aryl methyl sites for hydroxylation is 1. The third-order valence-corrected chi connectivity index (χ3v) is 4.60. The van der Waals surface area contributed by atoms with E-state index < -0.39 is 0 Å². The van der Waals surface area contributed by atoms with Crippen molar-refractivity contribution in [3.05, 3.63) is 32.2 Å². The van der Waals surface area contributed by atoms with E-state index in [4.69, 9.17) is 0 Å². The van der Waals surface area contributed by atoms with Gasteiger partial charge in [0, 0.05) is 8.27 Å². The SMILES string of the molecule is CCc1c(I)c(CO)cc2sccc12. The Bertz CT molecular complexity index is 462. The minimum absolute atomic E-state index is 0.138. The number of thiophene rings is 1. The molecule has 0 spiro atoms. The molecular formula is C11H11IOS.